The number of methoxy groups -OCH3 is 1. The van der Waals surface area contributed by atoms with Crippen LogP contribution in [0, 0.1) is 24.7 Å². The van der Waals surface area contributed by atoms with E-state index in [4.69, 9.17) is 9.84 Å². The molecule has 1 atom stereocenters. The zero-order chi connectivity index (χ0) is 15.8. The summed E-state index contributed by atoms with van der Waals surface area (Å²) in [6.45, 7) is 6.28. The van der Waals surface area contributed by atoms with Gasteiger partial charge < -0.3 is 15.2 Å². The van der Waals surface area contributed by atoms with E-state index in [1.807, 2.05) is 26.8 Å². The lowest BCUT2D eigenvalue weighted by Crippen LogP contribution is -2.41. The normalized spacial score (nSPS) is 11.7. The van der Waals surface area contributed by atoms with Gasteiger partial charge in [0.25, 0.3) is 5.91 Å². The van der Waals surface area contributed by atoms with E-state index in [2.05, 4.69) is 17.2 Å². The topological polar surface area (TPSA) is 58.6 Å². The third kappa shape index (κ3) is 5.22. The van der Waals surface area contributed by atoms with Gasteiger partial charge in [0.15, 0.2) is 0 Å². The summed E-state index contributed by atoms with van der Waals surface area (Å²) in [6.07, 6.45) is 0. The van der Waals surface area contributed by atoms with Crippen molar-refractivity contribution in [3.8, 4) is 11.8 Å². The standard InChI is InChI=1S/C17H23NO3/c1-12(2)16(11-21-4)18-17(20)15-8-7-13(3)14(10-15)6-5-9-19/h7-8,10,12,16,19H,9,11H2,1-4H3,(H,18,20). The van der Waals surface area contributed by atoms with E-state index in [0.717, 1.165) is 11.1 Å². The molecule has 1 unspecified atom stereocenters. The summed E-state index contributed by atoms with van der Waals surface area (Å²) in [5, 5.41) is 11.7. The summed E-state index contributed by atoms with van der Waals surface area (Å²) in [7, 11) is 1.62. The highest BCUT2D eigenvalue weighted by molar-refractivity contribution is 5.94. The van der Waals surface area contributed by atoms with Crippen molar-refractivity contribution >= 4 is 5.91 Å². The number of aliphatic hydroxyl groups excluding tert-OH is 1. The maximum atomic E-state index is 12.3. The van der Waals surface area contributed by atoms with Gasteiger partial charge in [0.05, 0.1) is 12.6 Å². The average Bonchev–Trinajstić information content (AvgIpc) is 2.45. The van der Waals surface area contributed by atoms with E-state index in [1.54, 1.807) is 19.2 Å². The molecule has 1 rings (SSSR count). The molecule has 114 valence electrons. The number of aliphatic hydroxyl groups is 1. The van der Waals surface area contributed by atoms with Crippen LogP contribution in [0.5, 0.6) is 0 Å². The summed E-state index contributed by atoms with van der Waals surface area (Å²) < 4.78 is 5.13. The Morgan fingerprint density at radius 3 is 2.71 bits per heavy atom. The number of ether oxygens (including phenoxy) is 1. The maximum absolute atomic E-state index is 12.3. The summed E-state index contributed by atoms with van der Waals surface area (Å²) in [5.74, 6) is 5.60. The van der Waals surface area contributed by atoms with Crippen molar-refractivity contribution < 1.29 is 14.6 Å². The lowest BCUT2D eigenvalue weighted by Gasteiger charge is -2.21. The van der Waals surface area contributed by atoms with Gasteiger partial charge in [0, 0.05) is 18.2 Å². The van der Waals surface area contributed by atoms with Gasteiger partial charge in [-0.05, 0) is 30.5 Å². The molecule has 0 aromatic heterocycles. The third-order valence-corrected chi connectivity index (χ3v) is 3.27. The molecule has 21 heavy (non-hydrogen) atoms. The number of aryl methyl sites for hydroxylation is 1. The number of rotatable bonds is 5. The van der Waals surface area contributed by atoms with Crippen LogP contribution in [0.15, 0.2) is 18.2 Å². The Kier molecular flexibility index (Phi) is 6.93. The minimum Gasteiger partial charge on any atom is -0.384 e. The first-order chi connectivity index (χ1) is 9.99. The lowest BCUT2D eigenvalue weighted by molar-refractivity contribution is 0.0866. The highest BCUT2D eigenvalue weighted by Crippen LogP contribution is 2.11. The predicted molar refractivity (Wildman–Crippen MR) is 83.1 cm³/mol. The minimum atomic E-state index is -0.195. The average molecular weight is 289 g/mol. The molecule has 0 heterocycles. The molecule has 0 aliphatic heterocycles. The Labute approximate surface area is 126 Å². The second kappa shape index (κ2) is 8.46. The highest BCUT2D eigenvalue weighted by atomic mass is 16.5. The first-order valence-corrected chi connectivity index (χ1v) is 6.99. The predicted octanol–water partition coefficient (Wildman–Crippen LogP) is 1.74. The fourth-order valence-corrected chi connectivity index (χ4v) is 1.86. The maximum Gasteiger partial charge on any atom is 0.251 e. The smallest absolute Gasteiger partial charge is 0.251 e. The van der Waals surface area contributed by atoms with E-state index >= 15 is 0 Å². The Hall–Kier alpha value is -1.83. The van der Waals surface area contributed by atoms with Gasteiger partial charge in [-0.25, -0.2) is 0 Å². The Morgan fingerprint density at radius 2 is 2.14 bits per heavy atom. The summed E-state index contributed by atoms with van der Waals surface area (Å²) in [5.41, 5.74) is 2.29. The number of nitrogens with one attached hydrogen (secondary N) is 1. The van der Waals surface area contributed by atoms with Crippen molar-refractivity contribution in [2.45, 2.75) is 26.8 Å². The molecule has 1 aromatic carbocycles. The van der Waals surface area contributed by atoms with Crippen LogP contribution in [0.3, 0.4) is 0 Å². The Balaban J connectivity index is 2.92. The summed E-state index contributed by atoms with van der Waals surface area (Å²) in [6, 6.07) is 5.35. The van der Waals surface area contributed by atoms with E-state index in [1.165, 1.54) is 0 Å². The number of carbonyl (C=O) groups is 1. The van der Waals surface area contributed by atoms with Crippen LogP contribution in [-0.2, 0) is 4.74 Å². The molecular weight excluding hydrogens is 266 g/mol. The molecule has 4 heteroatoms. The van der Waals surface area contributed by atoms with Crippen molar-refractivity contribution in [1.82, 2.24) is 5.32 Å². The zero-order valence-corrected chi connectivity index (χ0v) is 13.1. The van der Waals surface area contributed by atoms with E-state index < -0.39 is 0 Å². The largest absolute Gasteiger partial charge is 0.384 e. The first-order valence-electron chi connectivity index (χ1n) is 6.99. The molecule has 0 saturated carbocycles. The van der Waals surface area contributed by atoms with Gasteiger partial charge in [-0.2, -0.15) is 0 Å². The molecule has 1 aromatic rings. The van der Waals surface area contributed by atoms with E-state index in [9.17, 15) is 4.79 Å². The van der Waals surface area contributed by atoms with Crippen LogP contribution in [-0.4, -0.2) is 37.4 Å². The summed E-state index contributed by atoms with van der Waals surface area (Å²) >= 11 is 0. The lowest BCUT2D eigenvalue weighted by atomic mass is 10.0. The van der Waals surface area contributed by atoms with Crippen LogP contribution in [0.1, 0.15) is 35.3 Å². The minimum absolute atomic E-state index is 0.0317. The molecule has 0 aliphatic rings. The SMILES string of the molecule is COCC(NC(=O)c1ccc(C)c(C#CCO)c1)C(C)C. The molecule has 0 fully saturated rings. The van der Waals surface area contributed by atoms with Gasteiger partial charge in [-0.1, -0.05) is 31.8 Å². The molecule has 0 saturated heterocycles. The van der Waals surface area contributed by atoms with Crippen molar-refractivity contribution in [2.75, 3.05) is 20.3 Å². The molecule has 2 N–H and O–H groups in total. The fourth-order valence-electron chi connectivity index (χ4n) is 1.86. The Bertz CT molecular complexity index is 541. The highest BCUT2D eigenvalue weighted by Gasteiger charge is 2.17. The van der Waals surface area contributed by atoms with Crippen LogP contribution in [0.4, 0.5) is 0 Å². The van der Waals surface area contributed by atoms with Crippen LogP contribution < -0.4 is 5.32 Å². The number of carbonyl (C=O) groups excluding carboxylic acids is 1. The number of benzene rings is 1. The van der Waals surface area contributed by atoms with Gasteiger partial charge >= 0.3 is 0 Å². The van der Waals surface area contributed by atoms with Crippen molar-refractivity contribution in [3.63, 3.8) is 0 Å². The van der Waals surface area contributed by atoms with Crippen LogP contribution >= 0.6 is 0 Å². The van der Waals surface area contributed by atoms with Gasteiger partial charge in [-0.15, -0.1) is 0 Å². The van der Waals surface area contributed by atoms with Crippen molar-refractivity contribution in [1.29, 1.82) is 0 Å². The van der Waals surface area contributed by atoms with E-state index in [-0.39, 0.29) is 24.5 Å². The molecule has 1 amide bonds. The van der Waals surface area contributed by atoms with E-state index in [0.29, 0.717) is 12.2 Å². The molecule has 0 radical (unpaired) electrons. The third-order valence-electron chi connectivity index (χ3n) is 3.27. The molecular formula is C17H23NO3. The molecule has 0 bridgehead atoms. The quantitative estimate of drug-likeness (QED) is 0.812. The number of hydrogen-bond acceptors (Lipinski definition) is 3. The van der Waals surface area contributed by atoms with Gasteiger partial charge in [0.1, 0.15) is 6.61 Å². The number of hydrogen-bond donors (Lipinski definition) is 2. The first kappa shape index (κ1) is 17.2. The second-order valence-electron chi connectivity index (χ2n) is 5.27. The molecule has 0 aliphatic carbocycles. The van der Waals surface area contributed by atoms with Crippen molar-refractivity contribution in [2.24, 2.45) is 5.92 Å². The molecule has 0 spiro atoms. The van der Waals surface area contributed by atoms with Crippen LogP contribution in [0.2, 0.25) is 0 Å². The van der Waals surface area contributed by atoms with Gasteiger partial charge in [-0.3, -0.25) is 4.79 Å². The monoisotopic (exact) mass is 289 g/mol. The zero-order valence-electron chi connectivity index (χ0n) is 13.1. The molecule has 4 nitrogen and oxygen atoms in total. The fraction of sp³-hybridized carbons (Fsp3) is 0.471. The summed E-state index contributed by atoms with van der Waals surface area (Å²) in [4.78, 5) is 12.3. The van der Waals surface area contributed by atoms with Gasteiger partial charge in [0.2, 0.25) is 0 Å². The van der Waals surface area contributed by atoms with Crippen LogP contribution in [0.25, 0.3) is 0 Å². The van der Waals surface area contributed by atoms with Crippen molar-refractivity contribution in [3.05, 3.63) is 34.9 Å². The second-order valence-corrected chi connectivity index (χ2v) is 5.27. The number of amides is 1. The Morgan fingerprint density at radius 1 is 1.43 bits per heavy atom.